The average molecular weight is 723 g/mol. The molecule has 0 aromatic heterocycles. The molecule has 0 radical (unpaired) electrons. The number of Topliss-reactive ketones (excluding diaryl/α,β-unsaturated/α-hetero) is 6. The summed E-state index contributed by atoms with van der Waals surface area (Å²) in [5.74, 6) is -3.96. The van der Waals surface area contributed by atoms with Gasteiger partial charge in [0.2, 0.25) is 0 Å². The lowest BCUT2D eigenvalue weighted by Crippen LogP contribution is -2.75. The highest BCUT2D eigenvalue weighted by molar-refractivity contribution is 5.94. The van der Waals surface area contributed by atoms with Crippen LogP contribution in [0.25, 0.3) is 0 Å². The van der Waals surface area contributed by atoms with Crippen molar-refractivity contribution in [1.29, 1.82) is 0 Å². The van der Waals surface area contributed by atoms with Gasteiger partial charge in [0.15, 0.2) is 23.0 Å². The summed E-state index contributed by atoms with van der Waals surface area (Å²) < 4.78 is 19.2. The molecule has 8 nitrogen and oxygen atoms in total. The van der Waals surface area contributed by atoms with Crippen molar-refractivity contribution < 1.29 is 43.4 Å². The highest BCUT2D eigenvalue weighted by Gasteiger charge is 2.80. The summed E-state index contributed by atoms with van der Waals surface area (Å²) in [5.41, 5.74) is -6.40. The first-order chi connectivity index (χ1) is 24.4. The van der Waals surface area contributed by atoms with E-state index in [1.54, 1.807) is 0 Å². The van der Waals surface area contributed by atoms with Crippen LogP contribution in [0.15, 0.2) is 0 Å². The van der Waals surface area contributed by atoms with Gasteiger partial charge in [0.1, 0.15) is 30.6 Å². The second kappa shape index (κ2) is 11.7. The Labute approximate surface area is 307 Å². The van der Waals surface area contributed by atoms with E-state index in [0.717, 1.165) is 6.42 Å². The van der Waals surface area contributed by atoms with Crippen molar-refractivity contribution >= 4 is 34.7 Å². The van der Waals surface area contributed by atoms with Gasteiger partial charge in [0.25, 0.3) is 0 Å². The van der Waals surface area contributed by atoms with Crippen molar-refractivity contribution in [3.05, 3.63) is 0 Å². The summed E-state index contributed by atoms with van der Waals surface area (Å²) in [7, 11) is 0. The predicted octanol–water partition coefficient (Wildman–Crippen LogP) is 5.86. The number of halogens is 1. The number of carbonyl (C=O) groups excluding carboxylic acids is 6. The maximum Gasteiger partial charge on any atom is 0.177 e. The molecule has 52 heavy (non-hydrogen) atoms. The SMILES string of the molecule is CC1C[C@H]2[C@@H]3CC[C@H](C(=O)CO)[C@@]3(C)CC(=O)[C@@H]2[C@@]2(C)CCC(=O)CC12C1CC(=O)CC2CC[C@H]3[C@@H]4CC[C@H](C(=O)CO)[C@@]4(C)CC(=O)[C@]3(F)[C@]21C. The third-order valence-corrected chi connectivity index (χ3v) is 19.1. The first kappa shape index (κ1) is 36.8. The molecule has 0 amide bonds. The number of fused-ring (bicyclic) bond motifs is 10. The summed E-state index contributed by atoms with van der Waals surface area (Å²) in [6, 6.07) is 0. The number of hydrogen-bond acceptors (Lipinski definition) is 8. The van der Waals surface area contributed by atoms with Gasteiger partial charge in [-0.1, -0.05) is 34.6 Å². The van der Waals surface area contributed by atoms with Crippen LogP contribution in [0.2, 0.25) is 0 Å². The zero-order valence-corrected chi connectivity index (χ0v) is 31.8. The summed E-state index contributed by atoms with van der Waals surface area (Å²) in [5, 5.41) is 19.7. The first-order valence-electron chi connectivity index (χ1n) is 20.5. The largest absolute Gasteiger partial charge is 0.389 e. The van der Waals surface area contributed by atoms with Crippen LogP contribution in [0.4, 0.5) is 4.39 Å². The quantitative estimate of drug-likeness (QED) is 0.360. The fourth-order valence-corrected chi connectivity index (χ4v) is 17.1. The Hall–Kier alpha value is -2.13. The van der Waals surface area contributed by atoms with Crippen LogP contribution in [0.3, 0.4) is 0 Å². The van der Waals surface area contributed by atoms with Gasteiger partial charge in [0.05, 0.1) is 0 Å². The highest BCUT2D eigenvalue weighted by Crippen LogP contribution is 2.79. The number of alkyl halides is 1. The summed E-state index contributed by atoms with van der Waals surface area (Å²) in [4.78, 5) is 83.6. The molecule has 4 unspecified atom stereocenters. The molecule has 8 saturated carbocycles. The van der Waals surface area contributed by atoms with Crippen LogP contribution in [-0.4, -0.2) is 63.8 Å². The Balaban J connectivity index is 1.26. The van der Waals surface area contributed by atoms with Gasteiger partial charge in [-0.05, 0) is 109 Å². The van der Waals surface area contributed by atoms with E-state index in [4.69, 9.17) is 0 Å². The number of carbonyl (C=O) groups is 6. The molecule has 0 heterocycles. The van der Waals surface area contributed by atoms with E-state index in [0.29, 0.717) is 51.4 Å². The fourth-order valence-electron chi connectivity index (χ4n) is 17.1. The van der Waals surface area contributed by atoms with Crippen molar-refractivity contribution in [2.45, 2.75) is 130 Å². The van der Waals surface area contributed by atoms with Crippen LogP contribution in [0.5, 0.6) is 0 Å². The second-order valence-corrected chi connectivity index (χ2v) is 20.3. The molecule has 8 fully saturated rings. The average Bonchev–Trinajstić information content (AvgIpc) is 3.61. The fraction of sp³-hybridized carbons (Fsp3) is 0.860. The van der Waals surface area contributed by atoms with E-state index in [-0.39, 0.29) is 96.5 Å². The lowest BCUT2D eigenvalue weighted by Gasteiger charge is -2.73. The minimum absolute atomic E-state index is 0.0260. The number of rotatable bonds is 5. The molecule has 0 aromatic rings. The highest BCUT2D eigenvalue weighted by atomic mass is 19.1. The summed E-state index contributed by atoms with van der Waals surface area (Å²) >= 11 is 0. The molecule has 0 bridgehead atoms. The second-order valence-electron chi connectivity index (χ2n) is 20.3. The molecule has 9 heteroatoms. The molecule has 0 aliphatic heterocycles. The van der Waals surface area contributed by atoms with Crippen molar-refractivity contribution in [1.82, 2.24) is 0 Å². The smallest absolute Gasteiger partial charge is 0.177 e. The maximum absolute atomic E-state index is 19.2. The number of aliphatic hydroxyl groups is 2. The van der Waals surface area contributed by atoms with Crippen LogP contribution >= 0.6 is 0 Å². The molecule has 16 atom stereocenters. The molecule has 8 rings (SSSR count). The van der Waals surface area contributed by atoms with Crippen LogP contribution in [0.1, 0.15) is 125 Å². The minimum atomic E-state index is -2.26. The number of ketones is 6. The molecule has 0 saturated heterocycles. The van der Waals surface area contributed by atoms with E-state index >= 15 is 4.39 Å². The van der Waals surface area contributed by atoms with E-state index in [1.807, 2.05) is 13.8 Å². The Morgan fingerprint density at radius 3 is 1.98 bits per heavy atom. The Bertz CT molecular complexity index is 1640. The summed E-state index contributed by atoms with van der Waals surface area (Å²) in [6.45, 7) is 9.11. The molecule has 2 N–H and O–H groups in total. The molecule has 8 aliphatic rings. The van der Waals surface area contributed by atoms with Crippen molar-refractivity contribution in [3.63, 3.8) is 0 Å². The van der Waals surface area contributed by atoms with E-state index in [9.17, 15) is 39.0 Å². The van der Waals surface area contributed by atoms with Crippen molar-refractivity contribution in [2.75, 3.05) is 13.2 Å². The van der Waals surface area contributed by atoms with E-state index in [1.165, 1.54) is 0 Å². The molecular weight excluding hydrogens is 663 g/mol. The predicted molar refractivity (Wildman–Crippen MR) is 188 cm³/mol. The van der Waals surface area contributed by atoms with Crippen LogP contribution < -0.4 is 0 Å². The van der Waals surface area contributed by atoms with Gasteiger partial charge in [-0.2, -0.15) is 0 Å². The van der Waals surface area contributed by atoms with Gasteiger partial charge in [-0.25, -0.2) is 4.39 Å². The lowest BCUT2D eigenvalue weighted by molar-refractivity contribution is -0.265. The number of aliphatic hydroxyl groups excluding tert-OH is 2. The van der Waals surface area contributed by atoms with Crippen molar-refractivity contribution in [3.8, 4) is 0 Å². The normalized spacial score (nSPS) is 54.0. The standard InChI is InChI=1S/C43H59FO8/c1-22-14-26-27-8-10-30(33(50)20-45)38(27,2)18-32(49)37(26)40(4)13-12-24(47)17-42(22,40)35-16-25(48)15-23-6-7-29-28-9-11-31(34(51)21-46)39(28,3)19-36(52)43(29,44)41(23,35)5/h22-23,26-31,35,37,45-46H,6-21H2,1-5H3/t22?,23?,26-,27-,28-,29-,30+,31+,35?,37+,38-,39-,40+,41+,42?,43-/m0/s1. The lowest BCUT2D eigenvalue weighted by atomic mass is 9.29. The topological polar surface area (TPSA) is 143 Å². The molecule has 286 valence electrons. The maximum atomic E-state index is 19.2. The van der Waals surface area contributed by atoms with E-state index in [2.05, 4.69) is 20.8 Å². The zero-order chi connectivity index (χ0) is 37.6. The Kier molecular flexibility index (Phi) is 8.28. The number of hydrogen-bond donors (Lipinski definition) is 2. The van der Waals surface area contributed by atoms with Crippen LogP contribution in [0, 0.1) is 86.3 Å². The molecule has 0 aromatic carbocycles. The third kappa shape index (κ3) is 4.22. The molecule has 8 aliphatic carbocycles. The monoisotopic (exact) mass is 722 g/mol. The zero-order valence-electron chi connectivity index (χ0n) is 31.8. The van der Waals surface area contributed by atoms with Gasteiger partial charge >= 0.3 is 0 Å². The van der Waals surface area contributed by atoms with Crippen LogP contribution in [-0.2, 0) is 28.8 Å². The van der Waals surface area contributed by atoms with Gasteiger partial charge in [-0.3, -0.25) is 28.8 Å². The Morgan fingerprint density at radius 2 is 1.35 bits per heavy atom. The Morgan fingerprint density at radius 1 is 0.750 bits per heavy atom. The minimum Gasteiger partial charge on any atom is -0.389 e. The third-order valence-electron chi connectivity index (χ3n) is 19.1. The van der Waals surface area contributed by atoms with Gasteiger partial charge in [-0.15, -0.1) is 0 Å². The van der Waals surface area contributed by atoms with Gasteiger partial charge < -0.3 is 10.2 Å². The summed E-state index contributed by atoms with van der Waals surface area (Å²) in [6.07, 6.45) is 5.63. The first-order valence-corrected chi connectivity index (χ1v) is 20.5. The van der Waals surface area contributed by atoms with E-state index < -0.39 is 75.4 Å². The van der Waals surface area contributed by atoms with Gasteiger partial charge in [0, 0.05) is 67.6 Å². The van der Waals surface area contributed by atoms with Crippen molar-refractivity contribution in [2.24, 2.45) is 86.3 Å². The molecule has 0 spiro atoms. The molecular formula is C43H59FO8.